The topological polar surface area (TPSA) is 98.7 Å². The molecule has 0 saturated heterocycles. The van der Waals surface area contributed by atoms with Crippen LogP contribution < -0.4 is 10.6 Å². The van der Waals surface area contributed by atoms with E-state index in [0.717, 1.165) is 36.8 Å². The van der Waals surface area contributed by atoms with E-state index in [1.807, 2.05) is 26.0 Å². The Morgan fingerprint density at radius 3 is 1.42 bits per heavy atom. The first-order valence-electron chi connectivity index (χ1n) is 12.6. The van der Waals surface area contributed by atoms with E-state index in [-0.39, 0.29) is 34.5 Å². The number of amides is 2. The van der Waals surface area contributed by atoms with Crippen LogP contribution in [0.2, 0.25) is 0 Å². The van der Waals surface area contributed by atoms with Gasteiger partial charge in [-0.2, -0.15) is 0 Å². The van der Waals surface area contributed by atoms with Crippen molar-refractivity contribution in [3.63, 3.8) is 0 Å². The first-order chi connectivity index (χ1) is 17.3. The second kappa shape index (κ2) is 12.2. The molecule has 3 aromatic carbocycles. The van der Waals surface area contributed by atoms with Gasteiger partial charge in [-0.1, -0.05) is 76.9 Å². The number of para-hydroxylation sites is 2. The zero-order valence-corrected chi connectivity index (χ0v) is 21.5. The number of rotatable bonds is 10. The predicted octanol–water partition coefficient (Wildman–Crippen LogP) is 7.41. The lowest BCUT2D eigenvalue weighted by atomic mass is 9.91. The van der Waals surface area contributed by atoms with Crippen LogP contribution in [0.3, 0.4) is 0 Å². The molecule has 0 aliphatic carbocycles. The molecule has 3 aromatic rings. The second-order valence-corrected chi connectivity index (χ2v) is 9.32. The number of carbonyl (C=O) groups is 2. The van der Waals surface area contributed by atoms with Crippen LogP contribution in [0.25, 0.3) is 0 Å². The molecule has 3 rings (SSSR count). The van der Waals surface area contributed by atoms with E-state index in [0.29, 0.717) is 11.4 Å². The summed E-state index contributed by atoms with van der Waals surface area (Å²) in [5.74, 6) is -0.874. The maximum Gasteiger partial charge on any atom is 0.259 e. The summed E-state index contributed by atoms with van der Waals surface area (Å²) in [5.41, 5.74) is 2.81. The summed E-state index contributed by atoms with van der Waals surface area (Å²) in [6.07, 6.45) is 3.68. The van der Waals surface area contributed by atoms with Gasteiger partial charge in [-0.25, -0.2) is 0 Å². The molecule has 0 bridgehead atoms. The Labute approximate surface area is 213 Å². The van der Waals surface area contributed by atoms with Crippen molar-refractivity contribution in [3.05, 3.63) is 82.9 Å². The van der Waals surface area contributed by atoms with Crippen LogP contribution in [0, 0.1) is 0 Å². The van der Waals surface area contributed by atoms with Gasteiger partial charge < -0.3 is 20.8 Å². The molecule has 2 unspecified atom stereocenters. The molecule has 6 heteroatoms. The Hall–Kier alpha value is -3.80. The molecular weight excluding hydrogens is 452 g/mol. The van der Waals surface area contributed by atoms with Gasteiger partial charge in [0.2, 0.25) is 0 Å². The van der Waals surface area contributed by atoms with Gasteiger partial charge in [0, 0.05) is 0 Å². The third-order valence-electron chi connectivity index (χ3n) is 6.53. The summed E-state index contributed by atoms with van der Waals surface area (Å²) < 4.78 is 0. The Morgan fingerprint density at radius 2 is 1.06 bits per heavy atom. The van der Waals surface area contributed by atoms with Crippen LogP contribution >= 0.6 is 0 Å². The molecule has 0 saturated carbocycles. The Balaban J connectivity index is 1.91. The highest BCUT2D eigenvalue weighted by Crippen LogP contribution is 2.33. The molecule has 190 valence electrons. The fourth-order valence-electron chi connectivity index (χ4n) is 4.68. The quantitative estimate of drug-likeness (QED) is 0.239. The summed E-state index contributed by atoms with van der Waals surface area (Å²) in [6.45, 7) is 8.23. The minimum atomic E-state index is -0.451. The molecule has 6 nitrogen and oxygen atoms in total. The fraction of sp³-hybridized carbons (Fsp3) is 0.333. The summed E-state index contributed by atoms with van der Waals surface area (Å²) >= 11 is 0. The largest absolute Gasteiger partial charge is 0.507 e. The van der Waals surface area contributed by atoms with Crippen LogP contribution in [0.15, 0.2) is 60.7 Å². The summed E-state index contributed by atoms with van der Waals surface area (Å²) in [5, 5.41) is 26.8. The maximum atomic E-state index is 13.3. The molecule has 4 N–H and O–H groups in total. The fourth-order valence-corrected chi connectivity index (χ4v) is 4.68. The Bertz CT molecular complexity index is 1130. The van der Waals surface area contributed by atoms with Gasteiger partial charge in [0.25, 0.3) is 11.8 Å². The summed E-state index contributed by atoms with van der Waals surface area (Å²) in [7, 11) is 0. The van der Waals surface area contributed by atoms with Gasteiger partial charge in [-0.05, 0) is 60.1 Å². The van der Waals surface area contributed by atoms with Crippen LogP contribution in [-0.4, -0.2) is 22.0 Å². The number of aromatic hydroxyl groups is 2. The molecule has 0 fully saturated rings. The van der Waals surface area contributed by atoms with E-state index < -0.39 is 11.8 Å². The normalized spacial score (nSPS) is 12.6. The van der Waals surface area contributed by atoms with Crippen molar-refractivity contribution >= 4 is 23.2 Å². The molecule has 2 atom stereocenters. The zero-order valence-electron chi connectivity index (χ0n) is 21.5. The van der Waals surface area contributed by atoms with Gasteiger partial charge in [0.1, 0.15) is 11.5 Å². The van der Waals surface area contributed by atoms with E-state index in [9.17, 15) is 19.8 Å². The van der Waals surface area contributed by atoms with Crippen molar-refractivity contribution in [1.29, 1.82) is 0 Å². The standard InChI is InChI=1S/C30H36N2O4/c1-5-11-19(3)21-13-9-17-25(33)27(21)29(35)31-23-15-7-8-16-24(23)32-30(36)28-22(20(4)12-6-2)14-10-18-26(28)34/h7-10,13-20,33-34H,5-6,11-12H2,1-4H3,(H,31,35)(H,32,36). The van der Waals surface area contributed by atoms with Gasteiger partial charge in [0.15, 0.2) is 0 Å². The number of benzene rings is 3. The van der Waals surface area contributed by atoms with Crippen molar-refractivity contribution in [1.82, 2.24) is 0 Å². The third kappa shape index (κ3) is 6.06. The number of hydrogen-bond acceptors (Lipinski definition) is 4. The number of phenols is 2. The van der Waals surface area contributed by atoms with Crippen molar-refractivity contribution in [2.24, 2.45) is 0 Å². The SMILES string of the molecule is CCCC(C)c1cccc(O)c1C(=O)Nc1ccccc1NC(=O)c1c(O)cccc1C(C)CCC. The summed E-state index contributed by atoms with van der Waals surface area (Å²) in [6, 6.07) is 17.1. The average Bonchev–Trinajstić information content (AvgIpc) is 2.85. The van der Waals surface area contributed by atoms with E-state index >= 15 is 0 Å². The van der Waals surface area contributed by atoms with Gasteiger partial charge >= 0.3 is 0 Å². The van der Waals surface area contributed by atoms with Crippen LogP contribution in [0.4, 0.5) is 11.4 Å². The highest BCUT2D eigenvalue weighted by molar-refractivity contribution is 6.12. The molecule has 36 heavy (non-hydrogen) atoms. The summed E-state index contributed by atoms with van der Waals surface area (Å²) in [4.78, 5) is 26.6. The Kier molecular flexibility index (Phi) is 9.12. The van der Waals surface area contributed by atoms with Crippen molar-refractivity contribution in [3.8, 4) is 11.5 Å². The molecule has 0 aromatic heterocycles. The number of phenolic OH excluding ortho intramolecular Hbond substituents is 2. The highest BCUT2D eigenvalue weighted by atomic mass is 16.3. The first-order valence-corrected chi connectivity index (χ1v) is 12.6. The molecule has 0 spiro atoms. The average molecular weight is 489 g/mol. The van der Waals surface area contributed by atoms with E-state index in [2.05, 4.69) is 24.5 Å². The second-order valence-electron chi connectivity index (χ2n) is 9.32. The smallest absolute Gasteiger partial charge is 0.259 e. The molecule has 2 amide bonds. The minimum Gasteiger partial charge on any atom is -0.507 e. The lowest BCUT2D eigenvalue weighted by Crippen LogP contribution is -2.19. The number of carbonyl (C=O) groups excluding carboxylic acids is 2. The first kappa shape index (κ1) is 26.8. The zero-order chi connectivity index (χ0) is 26.2. The van der Waals surface area contributed by atoms with Crippen LogP contribution in [0.1, 0.15) is 97.1 Å². The lowest BCUT2D eigenvalue weighted by Gasteiger charge is -2.19. The van der Waals surface area contributed by atoms with Gasteiger partial charge in [0.05, 0.1) is 22.5 Å². The Morgan fingerprint density at radius 1 is 0.667 bits per heavy atom. The molecule has 0 radical (unpaired) electrons. The maximum absolute atomic E-state index is 13.3. The molecule has 0 aliphatic heterocycles. The van der Waals surface area contributed by atoms with Gasteiger partial charge in [-0.15, -0.1) is 0 Å². The van der Waals surface area contributed by atoms with Crippen molar-refractivity contribution in [2.45, 2.75) is 65.2 Å². The number of anilines is 2. The van der Waals surface area contributed by atoms with E-state index in [4.69, 9.17) is 0 Å². The minimum absolute atomic E-state index is 0.0850. The van der Waals surface area contributed by atoms with E-state index in [1.54, 1.807) is 36.4 Å². The van der Waals surface area contributed by atoms with Crippen LogP contribution in [0.5, 0.6) is 11.5 Å². The molecular formula is C30H36N2O4. The van der Waals surface area contributed by atoms with Crippen molar-refractivity contribution < 1.29 is 19.8 Å². The van der Waals surface area contributed by atoms with Gasteiger partial charge in [-0.3, -0.25) is 9.59 Å². The number of hydrogen-bond donors (Lipinski definition) is 4. The lowest BCUT2D eigenvalue weighted by molar-refractivity contribution is 0.101. The third-order valence-corrected chi connectivity index (χ3v) is 6.53. The monoisotopic (exact) mass is 488 g/mol. The van der Waals surface area contributed by atoms with Crippen LogP contribution in [-0.2, 0) is 0 Å². The molecule has 0 aliphatic rings. The van der Waals surface area contributed by atoms with E-state index in [1.165, 1.54) is 12.1 Å². The molecule has 0 heterocycles. The predicted molar refractivity (Wildman–Crippen MR) is 145 cm³/mol. The van der Waals surface area contributed by atoms with Crippen molar-refractivity contribution in [2.75, 3.05) is 10.6 Å². The highest BCUT2D eigenvalue weighted by Gasteiger charge is 2.23. The number of nitrogens with one attached hydrogen (secondary N) is 2.